The summed E-state index contributed by atoms with van der Waals surface area (Å²) in [7, 11) is 0. The van der Waals surface area contributed by atoms with Crippen LogP contribution in [0.1, 0.15) is 42.4 Å². The second-order valence-corrected chi connectivity index (χ2v) is 4.65. The van der Waals surface area contributed by atoms with Gasteiger partial charge in [0.25, 0.3) is 5.91 Å². The van der Waals surface area contributed by atoms with Crippen LogP contribution < -0.4 is 0 Å². The summed E-state index contributed by atoms with van der Waals surface area (Å²) >= 11 is 0. The van der Waals surface area contributed by atoms with Crippen molar-refractivity contribution in [3.05, 3.63) is 17.5 Å². The minimum atomic E-state index is -0.663. The third-order valence-corrected chi connectivity index (χ3v) is 3.06. The predicted molar refractivity (Wildman–Crippen MR) is 68.8 cm³/mol. The van der Waals surface area contributed by atoms with Crippen molar-refractivity contribution < 1.29 is 19.1 Å². The van der Waals surface area contributed by atoms with Crippen molar-refractivity contribution >= 4 is 17.8 Å². The summed E-state index contributed by atoms with van der Waals surface area (Å²) < 4.78 is 4.88. The Labute approximate surface area is 116 Å². The Hall–Kier alpha value is -2.18. The van der Waals surface area contributed by atoms with Crippen molar-refractivity contribution in [1.82, 2.24) is 15.1 Å². The lowest BCUT2D eigenvalue weighted by Gasteiger charge is -2.12. The molecule has 0 spiro atoms. The number of esters is 1. The predicted octanol–water partition coefficient (Wildman–Crippen LogP) is 0.668. The van der Waals surface area contributed by atoms with Gasteiger partial charge in [-0.15, -0.1) is 0 Å². The lowest BCUT2D eigenvalue weighted by molar-refractivity contribution is -0.143. The number of rotatable bonds is 5. The number of likely N-dealkylation sites (tertiary alicyclic amines) is 1. The van der Waals surface area contributed by atoms with Gasteiger partial charge in [0, 0.05) is 18.7 Å². The number of hydrogen-bond donors (Lipinski definition) is 1. The number of amides is 2. The number of imide groups is 1. The van der Waals surface area contributed by atoms with Crippen LogP contribution in [-0.4, -0.2) is 46.0 Å². The molecule has 1 aromatic rings. The first-order chi connectivity index (χ1) is 9.61. The van der Waals surface area contributed by atoms with Crippen molar-refractivity contribution in [2.24, 2.45) is 0 Å². The van der Waals surface area contributed by atoms with Gasteiger partial charge >= 0.3 is 5.97 Å². The fourth-order valence-corrected chi connectivity index (χ4v) is 2.05. The lowest BCUT2D eigenvalue weighted by Crippen LogP contribution is -2.35. The highest BCUT2D eigenvalue weighted by atomic mass is 16.5. The molecule has 2 amide bonds. The minimum absolute atomic E-state index is 0.147. The number of ether oxygens (including phenoxy) is 1. The van der Waals surface area contributed by atoms with Crippen molar-refractivity contribution in [2.75, 3.05) is 13.2 Å². The van der Waals surface area contributed by atoms with Gasteiger partial charge in [0.2, 0.25) is 5.91 Å². The summed E-state index contributed by atoms with van der Waals surface area (Å²) in [5.41, 5.74) is 0.995. The maximum atomic E-state index is 11.7. The Morgan fingerprint density at radius 3 is 2.95 bits per heavy atom. The minimum Gasteiger partial charge on any atom is -0.451 e. The molecule has 0 aromatic carbocycles. The zero-order valence-corrected chi connectivity index (χ0v) is 11.3. The van der Waals surface area contributed by atoms with E-state index >= 15 is 0 Å². The number of aromatic amines is 1. The smallest absolute Gasteiger partial charge is 0.359 e. The normalized spacial score (nSPS) is 14.7. The van der Waals surface area contributed by atoms with E-state index in [1.54, 1.807) is 6.07 Å². The van der Waals surface area contributed by atoms with Crippen LogP contribution in [-0.2, 0) is 20.7 Å². The van der Waals surface area contributed by atoms with Gasteiger partial charge in [0.05, 0.1) is 0 Å². The number of aromatic nitrogens is 2. The molecular weight excluding hydrogens is 262 g/mol. The maximum absolute atomic E-state index is 11.7. The van der Waals surface area contributed by atoms with Gasteiger partial charge in [0.1, 0.15) is 0 Å². The number of hydrogen-bond acceptors (Lipinski definition) is 5. The molecule has 7 heteroatoms. The molecule has 0 aliphatic carbocycles. The van der Waals surface area contributed by atoms with Crippen LogP contribution in [0.2, 0.25) is 0 Å². The van der Waals surface area contributed by atoms with E-state index in [9.17, 15) is 14.4 Å². The maximum Gasteiger partial charge on any atom is 0.359 e. The Kier molecular flexibility index (Phi) is 4.49. The van der Waals surface area contributed by atoms with Gasteiger partial charge < -0.3 is 4.74 Å². The molecule has 2 rings (SSSR count). The van der Waals surface area contributed by atoms with E-state index in [1.165, 1.54) is 0 Å². The second-order valence-electron chi connectivity index (χ2n) is 4.65. The molecule has 20 heavy (non-hydrogen) atoms. The van der Waals surface area contributed by atoms with Gasteiger partial charge in [-0.05, 0) is 18.9 Å². The van der Waals surface area contributed by atoms with E-state index in [4.69, 9.17) is 4.74 Å². The molecule has 2 heterocycles. The van der Waals surface area contributed by atoms with E-state index in [0.717, 1.165) is 23.4 Å². The topological polar surface area (TPSA) is 92.4 Å². The average Bonchev–Trinajstić information content (AvgIpc) is 3.05. The summed E-state index contributed by atoms with van der Waals surface area (Å²) in [6, 6.07) is 1.61. The summed E-state index contributed by atoms with van der Waals surface area (Å²) in [5, 5.41) is 6.57. The van der Waals surface area contributed by atoms with E-state index in [2.05, 4.69) is 10.2 Å². The number of carbonyl (C=O) groups is 3. The summed E-state index contributed by atoms with van der Waals surface area (Å²) in [5.74, 6) is -1.36. The second kappa shape index (κ2) is 6.31. The first-order valence-corrected chi connectivity index (χ1v) is 6.66. The zero-order chi connectivity index (χ0) is 14.5. The third-order valence-electron chi connectivity index (χ3n) is 3.06. The standard InChI is InChI=1S/C13H17N3O4/c1-2-4-9-7-10(15-14-9)13(19)20-8-12(18)16-6-3-5-11(16)17/h7H,2-6,8H2,1H3,(H,14,15). The summed E-state index contributed by atoms with van der Waals surface area (Å²) in [6.45, 7) is 1.99. The van der Waals surface area contributed by atoms with Crippen LogP contribution >= 0.6 is 0 Å². The van der Waals surface area contributed by atoms with E-state index in [-0.39, 0.29) is 11.6 Å². The van der Waals surface area contributed by atoms with Crippen molar-refractivity contribution in [3.8, 4) is 0 Å². The monoisotopic (exact) mass is 279 g/mol. The van der Waals surface area contributed by atoms with Crippen LogP contribution in [0.15, 0.2) is 6.07 Å². The molecule has 0 atom stereocenters. The quantitative estimate of drug-likeness (QED) is 0.800. The number of carbonyl (C=O) groups excluding carboxylic acids is 3. The molecule has 1 aromatic heterocycles. The molecular formula is C13H17N3O4. The fraction of sp³-hybridized carbons (Fsp3) is 0.538. The lowest BCUT2D eigenvalue weighted by atomic mass is 10.2. The highest BCUT2D eigenvalue weighted by molar-refractivity contribution is 5.98. The molecule has 0 unspecified atom stereocenters. The highest BCUT2D eigenvalue weighted by Crippen LogP contribution is 2.10. The van der Waals surface area contributed by atoms with Crippen LogP contribution in [0, 0.1) is 0 Å². The Morgan fingerprint density at radius 1 is 1.50 bits per heavy atom. The highest BCUT2D eigenvalue weighted by Gasteiger charge is 2.27. The van der Waals surface area contributed by atoms with E-state index in [0.29, 0.717) is 19.4 Å². The first-order valence-electron chi connectivity index (χ1n) is 6.66. The van der Waals surface area contributed by atoms with Crippen LogP contribution in [0.3, 0.4) is 0 Å². The molecule has 1 N–H and O–H groups in total. The third kappa shape index (κ3) is 3.23. The molecule has 0 radical (unpaired) electrons. The first kappa shape index (κ1) is 14.2. The van der Waals surface area contributed by atoms with Crippen LogP contribution in [0.4, 0.5) is 0 Å². The molecule has 0 bridgehead atoms. The Balaban J connectivity index is 1.85. The number of aryl methyl sites for hydroxylation is 1. The molecule has 1 saturated heterocycles. The number of nitrogens with one attached hydrogen (secondary N) is 1. The molecule has 1 aliphatic rings. The van der Waals surface area contributed by atoms with E-state index < -0.39 is 18.5 Å². The number of H-pyrrole nitrogens is 1. The molecule has 1 aliphatic heterocycles. The zero-order valence-electron chi connectivity index (χ0n) is 11.3. The van der Waals surface area contributed by atoms with Crippen molar-refractivity contribution in [3.63, 3.8) is 0 Å². The van der Waals surface area contributed by atoms with Gasteiger partial charge in [-0.3, -0.25) is 19.6 Å². The molecule has 7 nitrogen and oxygen atoms in total. The average molecular weight is 279 g/mol. The molecule has 1 fully saturated rings. The summed E-state index contributed by atoms with van der Waals surface area (Å²) in [4.78, 5) is 35.9. The fourth-order valence-electron chi connectivity index (χ4n) is 2.05. The number of nitrogens with zero attached hydrogens (tertiary/aromatic N) is 2. The van der Waals surface area contributed by atoms with Gasteiger partial charge in [-0.2, -0.15) is 5.10 Å². The van der Waals surface area contributed by atoms with Crippen molar-refractivity contribution in [2.45, 2.75) is 32.6 Å². The SMILES string of the molecule is CCCc1cc(C(=O)OCC(=O)N2CCCC2=O)n[nH]1. The molecule has 0 saturated carbocycles. The Bertz CT molecular complexity index is 523. The van der Waals surface area contributed by atoms with Crippen LogP contribution in [0.5, 0.6) is 0 Å². The van der Waals surface area contributed by atoms with Gasteiger partial charge in [-0.1, -0.05) is 13.3 Å². The van der Waals surface area contributed by atoms with Crippen molar-refractivity contribution in [1.29, 1.82) is 0 Å². The molecule has 108 valence electrons. The van der Waals surface area contributed by atoms with Crippen LogP contribution in [0.25, 0.3) is 0 Å². The Morgan fingerprint density at radius 2 is 2.30 bits per heavy atom. The van der Waals surface area contributed by atoms with Gasteiger partial charge in [0.15, 0.2) is 12.3 Å². The van der Waals surface area contributed by atoms with Gasteiger partial charge in [-0.25, -0.2) is 4.79 Å². The summed E-state index contributed by atoms with van der Waals surface area (Å²) in [6.07, 6.45) is 2.77. The van der Waals surface area contributed by atoms with E-state index in [1.807, 2.05) is 6.92 Å². The largest absolute Gasteiger partial charge is 0.451 e.